The summed E-state index contributed by atoms with van der Waals surface area (Å²) in [6.45, 7) is 0. The molecule has 24 heavy (non-hydrogen) atoms. The fourth-order valence-electron chi connectivity index (χ4n) is 2.33. The maximum Gasteiger partial charge on any atom is 0.424 e. The average Bonchev–Trinajstić information content (AvgIpc) is 2.88. The monoisotopic (exact) mass is 337 g/mol. The minimum absolute atomic E-state index is 0.0180. The zero-order chi connectivity index (χ0) is 17.5. The summed E-state index contributed by atoms with van der Waals surface area (Å²) in [5, 5.41) is 0. The van der Waals surface area contributed by atoms with Crippen molar-refractivity contribution in [3.05, 3.63) is 64.1 Å². The summed E-state index contributed by atoms with van der Waals surface area (Å²) >= 11 is 0. The van der Waals surface area contributed by atoms with Crippen molar-refractivity contribution in [2.24, 2.45) is 0 Å². The third kappa shape index (κ3) is 2.66. The minimum atomic E-state index is -4.55. The number of rotatable bonds is 2. The number of aromatic nitrogens is 1. The lowest BCUT2D eigenvalue weighted by molar-refractivity contribution is -0.137. The smallest absolute Gasteiger partial charge is 0.424 e. The van der Waals surface area contributed by atoms with Gasteiger partial charge in [0, 0.05) is 0 Å². The van der Waals surface area contributed by atoms with Crippen molar-refractivity contribution in [3.63, 3.8) is 0 Å². The Bertz CT molecular complexity index is 985. The van der Waals surface area contributed by atoms with Gasteiger partial charge in [-0.15, -0.1) is 0 Å². The Balaban J connectivity index is 2.24. The first-order chi connectivity index (χ1) is 11.3. The molecule has 0 saturated carbocycles. The molecule has 0 N–H and O–H groups in total. The Morgan fingerprint density at radius 3 is 2.58 bits per heavy atom. The van der Waals surface area contributed by atoms with Crippen molar-refractivity contribution in [3.8, 4) is 5.69 Å². The van der Waals surface area contributed by atoms with E-state index in [9.17, 15) is 22.8 Å². The van der Waals surface area contributed by atoms with Gasteiger partial charge in [0.2, 0.25) is 0 Å². The number of methoxy groups -OCH3 is 1. The highest BCUT2D eigenvalue weighted by molar-refractivity contribution is 5.93. The number of hydrogen-bond donors (Lipinski definition) is 0. The van der Waals surface area contributed by atoms with E-state index in [1.54, 1.807) is 0 Å². The van der Waals surface area contributed by atoms with Gasteiger partial charge in [-0.2, -0.15) is 13.2 Å². The van der Waals surface area contributed by atoms with E-state index in [-0.39, 0.29) is 22.4 Å². The molecule has 3 aromatic rings. The lowest BCUT2D eigenvalue weighted by Gasteiger charge is -2.09. The molecular weight excluding hydrogens is 327 g/mol. The molecule has 0 saturated heterocycles. The van der Waals surface area contributed by atoms with Crippen LogP contribution >= 0.6 is 0 Å². The first kappa shape index (κ1) is 15.9. The quantitative estimate of drug-likeness (QED) is 0.673. The minimum Gasteiger partial charge on any atom is -0.465 e. The van der Waals surface area contributed by atoms with E-state index < -0.39 is 23.5 Å². The van der Waals surface area contributed by atoms with Crippen LogP contribution in [-0.4, -0.2) is 17.6 Å². The fraction of sp³-hybridized carbons (Fsp3) is 0.125. The van der Waals surface area contributed by atoms with E-state index in [0.717, 1.165) is 16.7 Å². The number of alkyl halides is 3. The van der Waals surface area contributed by atoms with Gasteiger partial charge < -0.3 is 9.15 Å². The Morgan fingerprint density at radius 1 is 1.17 bits per heavy atom. The highest BCUT2D eigenvalue weighted by atomic mass is 19.4. The van der Waals surface area contributed by atoms with Gasteiger partial charge in [0.05, 0.1) is 29.4 Å². The first-order valence-electron chi connectivity index (χ1n) is 6.73. The summed E-state index contributed by atoms with van der Waals surface area (Å²) in [4.78, 5) is 23.7. The van der Waals surface area contributed by atoms with Gasteiger partial charge >= 0.3 is 17.9 Å². The normalized spacial score (nSPS) is 11.7. The largest absolute Gasteiger partial charge is 0.465 e. The molecule has 8 heteroatoms. The second-order valence-corrected chi connectivity index (χ2v) is 4.93. The van der Waals surface area contributed by atoms with E-state index in [1.165, 1.54) is 37.4 Å². The standard InChI is InChI=1S/C16H10F3NO4/c1-23-14(21)9-5-6-13-12(7-9)20(15(22)24-13)11-4-2-3-10(8-11)16(17,18)19/h2-8H,1H3. The number of nitrogens with zero attached hydrogens (tertiary/aromatic N) is 1. The van der Waals surface area contributed by atoms with Crippen LogP contribution in [0.4, 0.5) is 13.2 Å². The van der Waals surface area contributed by atoms with Crippen LogP contribution in [0.25, 0.3) is 16.8 Å². The van der Waals surface area contributed by atoms with Crippen LogP contribution in [0.3, 0.4) is 0 Å². The van der Waals surface area contributed by atoms with E-state index >= 15 is 0 Å². The van der Waals surface area contributed by atoms with Gasteiger partial charge in [-0.25, -0.2) is 14.2 Å². The maximum atomic E-state index is 12.9. The fourth-order valence-corrected chi connectivity index (χ4v) is 2.33. The molecule has 0 aliphatic carbocycles. The summed E-state index contributed by atoms with van der Waals surface area (Å²) in [6, 6.07) is 8.37. The molecule has 0 spiro atoms. The summed E-state index contributed by atoms with van der Waals surface area (Å²) in [5.74, 6) is -1.49. The van der Waals surface area contributed by atoms with Gasteiger partial charge in [0.1, 0.15) is 0 Å². The lowest BCUT2D eigenvalue weighted by atomic mass is 10.1. The summed E-state index contributed by atoms with van der Waals surface area (Å²) in [7, 11) is 1.20. The second-order valence-electron chi connectivity index (χ2n) is 4.93. The van der Waals surface area contributed by atoms with Crippen molar-refractivity contribution in [1.29, 1.82) is 0 Å². The van der Waals surface area contributed by atoms with Crippen molar-refractivity contribution >= 4 is 17.1 Å². The molecule has 1 aromatic heterocycles. The SMILES string of the molecule is COC(=O)c1ccc2oc(=O)n(-c3cccc(C(F)(F)F)c3)c2c1. The summed E-state index contributed by atoms with van der Waals surface area (Å²) in [6.07, 6.45) is -4.55. The van der Waals surface area contributed by atoms with Crippen molar-refractivity contribution < 1.29 is 27.1 Å². The molecule has 0 aliphatic heterocycles. The third-order valence-electron chi connectivity index (χ3n) is 3.43. The third-order valence-corrected chi connectivity index (χ3v) is 3.43. The van der Waals surface area contributed by atoms with Crippen LogP contribution in [0.15, 0.2) is 51.7 Å². The van der Waals surface area contributed by atoms with Crippen LogP contribution in [-0.2, 0) is 10.9 Å². The molecule has 0 fully saturated rings. The molecule has 0 atom stereocenters. The summed E-state index contributed by atoms with van der Waals surface area (Å²) < 4.78 is 49.2. The molecule has 1 heterocycles. The lowest BCUT2D eigenvalue weighted by Crippen LogP contribution is -2.13. The predicted octanol–water partition coefficient (Wildman–Crippen LogP) is 3.39. The predicted molar refractivity (Wildman–Crippen MR) is 78.2 cm³/mol. The molecule has 0 radical (unpaired) electrons. The van der Waals surface area contributed by atoms with E-state index in [2.05, 4.69) is 4.74 Å². The van der Waals surface area contributed by atoms with Crippen LogP contribution < -0.4 is 5.76 Å². The van der Waals surface area contributed by atoms with Gasteiger partial charge in [0.15, 0.2) is 5.58 Å². The van der Waals surface area contributed by atoms with Crippen molar-refractivity contribution in [2.75, 3.05) is 7.11 Å². The number of carbonyl (C=O) groups is 1. The first-order valence-corrected chi connectivity index (χ1v) is 6.73. The maximum absolute atomic E-state index is 12.9. The van der Waals surface area contributed by atoms with E-state index in [4.69, 9.17) is 4.42 Å². The zero-order valence-electron chi connectivity index (χ0n) is 12.3. The molecule has 0 unspecified atom stereocenters. The summed E-state index contributed by atoms with van der Waals surface area (Å²) in [5.41, 5.74) is -0.459. The van der Waals surface area contributed by atoms with Crippen LogP contribution in [0.2, 0.25) is 0 Å². The number of ether oxygens (including phenoxy) is 1. The van der Waals surface area contributed by atoms with E-state index in [1.807, 2.05) is 0 Å². The number of halogens is 3. The number of hydrogen-bond acceptors (Lipinski definition) is 4. The van der Waals surface area contributed by atoms with Gasteiger partial charge in [-0.1, -0.05) is 6.07 Å². The topological polar surface area (TPSA) is 61.4 Å². The number of carbonyl (C=O) groups excluding carboxylic acids is 1. The van der Waals surface area contributed by atoms with Crippen molar-refractivity contribution in [2.45, 2.75) is 6.18 Å². The molecule has 3 rings (SSSR count). The number of oxazole rings is 1. The number of fused-ring (bicyclic) bond motifs is 1. The molecule has 0 aliphatic rings. The Morgan fingerprint density at radius 2 is 1.92 bits per heavy atom. The van der Waals surface area contributed by atoms with Gasteiger partial charge in [-0.3, -0.25) is 0 Å². The van der Waals surface area contributed by atoms with Crippen LogP contribution in [0.1, 0.15) is 15.9 Å². The highest BCUT2D eigenvalue weighted by Gasteiger charge is 2.30. The average molecular weight is 337 g/mol. The van der Waals surface area contributed by atoms with E-state index in [0.29, 0.717) is 0 Å². The second kappa shape index (κ2) is 5.55. The number of benzene rings is 2. The molecule has 2 aromatic carbocycles. The molecule has 0 amide bonds. The van der Waals surface area contributed by atoms with Gasteiger partial charge in [-0.05, 0) is 36.4 Å². The Hall–Kier alpha value is -3.03. The van der Waals surface area contributed by atoms with Gasteiger partial charge in [0.25, 0.3) is 0 Å². The molecular formula is C16H10F3NO4. The highest BCUT2D eigenvalue weighted by Crippen LogP contribution is 2.30. The Labute approximate surface area is 132 Å². The van der Waals surface area contributed by atoms with Crippen LogP contribution in [0, 0.1) is 0 Å². The molecule has 0 bridgehead atoms. The van der Waals surface area contributed by atoms with Crippen molar-refractivity contribution in [1.82, 2.24) is 4.57 Å². The molecule has 5 nitrogen and oxygen atoms in total. The Kier molecular flexibility index (Phi) is 3.67. The van der Waals surface area contributed by atoms with Crippen LogP contribution in [0.5, 0.6) is 0 Å². The number of esters is 1. The zero-order valence-corrected chi connectivity index (χ0v) is 12.3. The molecule has 124 valence electrons.